The van der Waals surface area contributed by atoms with Crippen LogP contribution in [0.1, 0.15) is 73.2 Å². The number of hydrogen-bond acceptors (Lipinski definition) is 7. The molecule has 0 radical (unpaired) electrons. The molecule has 0 aliphatic heterocycles. The number of carbonyl (C=O) groups is 5. The number of esters is 2. The summed E-state index contributed by atoms with van der Waals surface area (Å²) in [7, 11) is 2.46. The number of methoxy groups -OCH3 is 2. The molecular formula is C32H39N3O7. The van der Waals surface area contributed by atoms with Crippen molar-refractivity contribution in [3.63, 3.8) is 0 Å². The summed E-state index contributed by atoms with van der Waals surface area (Å²) in [6.07, 6.45) is 2.90. The van der Waals surface area contributed by atoms with Crippen LogP contribution in [0.2, 0.25) is 0 Å². The number of nitrogens with one attached hydrogen (secondary N) is 3. The Kier molecular flexibility index (Phi) is 10.6. The van der Waals surface area contributed by atoms with Crippen LogP contribution in [-0.4, -0.2) is 54.8 Å². The molecule has 3 rings (SSSR count). The second-order valence-corrected chi connectivity index (χ2v) is 11.3. The van der Waals surface area contributed by atoms with Crippen LogP contribution in [0.25, 0.3) is 10.9 Å². The molecular weight excluding hydrogens is 538 g/mol. The number of ketones is 1. The monoisotopic (exact) mass is 577 g/mol. The Hall–Kier alpha value is -4.47. The minimum Gasteiger partial charge on any atom is -0.467 e. The lowest BCUT2D eigenvalue weighted by atomic mass is 9.95. The zero-order valence-corrected chi connectivity index (χ0v) is 25.0. The van der Waals surface area contributed by atoms with Crippen LogP contribution in [-0.2, 0) is 30.3 Å². The minimum atomic E-state index is -0.915. The van der Waals surface area contributed by atoms with Gasteiger partial charge in [-0.2, -0.15) is 0 Å². The van der Waals surface area contributed by atoms with E-state index in [4.69, 9.17) is 9.47 Å². The lowest BCUT2D eigenvalue weighted by molar-refractivity contribution is -0.145. The van der Waals surface area contributed by atoms with Crippen molar-refractivity contribution >= 4 is 46.1 Å². The number of rotatable bonds is 12. The van der Waals surface area contributed by atoms with Crippen LogP contribution in [0.5, 0.6) is 0 Å². The molecule has 0 spiro atoms. The highest BCUT2D eigenvalue weighted by molar-refractivity contribution is 6.05. The Morgan fingerprint density at radius 1 is 0.976 bits per heavy atom. The Bertz CT molecular complexity index is 1470. The Labute approximate surface area is 245 Å². The van der Waals surface area contributed by atoms with Gasteiger partial charge in [0.2, 0.25) is 11.8 Å². The van der Waals surface area contributed by atoms with E-state index in [-0.39, 0.29) is 53.7 Å². The van der Waals surface area contributed by atoms with Gasteiger partial charge in [-0.05, 0) is 49.1 Å². The number of Topliss-reactive ketones (excluding diaryl/α,β-unsaturated/α-hetero) is 1. The van der Waals surface area contributed by atoms with Crippen molar-refractivity contribution < 1.29 is 33.4 Å². The first kappa shape index (κ1) is 32.0. The zero-order valence-electron chi connectivity index (χ0n) is 25.0. The topological polar surface area (TPSA) is 144 Å². The second kappa shape index (κ2) is 13.9. The van der Waals surface area contributed by atoms with Crippen LogP contribution in [0.3, 0.4) is 0 Å². The molecule has 3 aromatic rings. The molecule has 3 N–H and O–H groups in total. The van der Waals surface area contributed by atoms with Crippen molar-refractivity contribution in [1.82, 2.24) is 10.3 Å². The summed E-state index contributed by atoms with van der Waals surface area (Å²) >= 11 is 0. The van der Waals surface area contributed by atoms with E-state index in [1.54, 1.807) is 27.7 Å². The van der Waals surface area contributed by atoms with E-state index in [2.05, 4.69) is 15.6 Å². The summed E-state index contributed by atoms with van der Waals surface area (Å²) in [5.74, 6) is -2.55. The number of amides is 2. The number of aromatic nitrogens is 1. The number of hydrogen-bond donors (Lipinski definition) is 3. The summed E-state index contributed by atoms with van der Waals surface area (Å²) in [5, 5.41) is 6.53. The maximum atomic E-state index is 13.0. The van der Waals surface area contributed by atoms with Crippen LogP contribution < -0.4 is 10.6 Å². The second-order valence-electron chi connectivity index (χ2n) is 11.3. The smallest absolute Gasteiger partial charge is 0.339 e. The predicted octanol–water partition coefficient (Wildman–Crippen LogP) is 4.83. The molecule has 0 unspecified atom stereocenters. The van der Waals surface area contributed by atoms with Gasteiger partial charge < -0.3 is 25.1 Å². The largest absolute Gasteiger partial charge is 0.467 e. The fourth-order valence-electron chi connectivity index (χ4n) is 4.45. The van der Waals surface area contributed by atoms with E-state index in [0.717, 1.165) is 16.5 Å². The number of benzene rings is 2. The number of para-hydroxylation sites is 1. The number of H-pyrrole nitrogens is 1. The zero-order chi connectivity index (χ0) is 31.0. The highest BCUT2D eigenvalue weighted by Gasteiger charge is 2.26. The first-order valence-corrected chi connectivity index (χ1v) is 13.9. The van der Waals surface area contributed by atoms with Gasteiger partial charge in [-0.1, -0.05) is 45.9 Å². The number of ether oxygens (including phenoxy) is 2. The molecule has 0 saturated carbocycles. The number of anilines is 1. The summed E-state index contributed by atoms with van der Waals surface area (Å²) in [6.45, 7) is 7.02. The van der Waals surface area contributed by atoms with E-state index < -0.39 is 29.3 Å². The fourth-order valence-corrected chi connectivity index (χ4v) is 4.45. The fraction of sp³-hybridized carbons (Fsp3) is 0.406. The first-order chi connectivity index (χ1) is 19.8. The lowest BCUT2D eigenvalue weighted by Crippen LogP contribution is -2.44. The average Bonchev–Trinajstić information content (AvgIpc) is 3.37. The van der Waals surface area contributed by atoms with Gasteiger partial charge in [0.25, 0.3) is 0 Å². The summed E-state index contributed by atoms with van der Waals surface area (Å²) < 4.78 is 9.74. The maximum Gasteiger partial charge on any atom is 0.339 e. The van der Waals surface area contributed by atoms with Gasteiger partial charge in [0.05, 0.1) is 25.5 Å². The molecule has 10 nitrogen and oxygen atoms in total. The molecule has 2 amide bonds. The maximum absolute atomic E-state index is 13.0. The van der Waals surface area contributed by atoms with Gasteiger partial charge >= 0.3 is 11.9 Å². The molecule has 2 aromatic carbocycles. The van der Waals surface area contributed by atoms with Gasteiger partial charge in [0.1, 0.15) is 6.04 Å². The summed E-state index contributed by atoms with van der Waals surface area (Å²) in [4.78, 5) is 66.5. The molecule has 0 aliphatic carbocycles. The van der Waals surface area contributed by atoms with Crippen LogP contribution in [0, 0.1) is 11.3 Å². The molecule has 0 bridgehead atoms. The van der Waals surface area contributed by atoms with Crippen molar-refractivity contribution in [2.24, 2.45) is 11.3 Å². The van der Waals surface area contributed by atoms with Gasteiger partial charge in [-0.15, -0.1) is 0 Å². The molecule has 0 saturated heterocycles. The summed E-state index contributed by atoms with van der Waals surface area (Å²) in [6, 6.07) is 11.3. The molecule has 1 heterocycles. The third-order valence-electron chi connectivity index (χ3n) is 7.02. The van der Waals surface area contributed by atoms with E-state index in [9.17, 15) is 24.0 Å². The molecule has 10 heteroatoms. The lowest BCUT2D eigenvalue weighted by Gasteiger charge is -2.20. The van der Waals surface area contributed by atoms with Crippen LogP contribution in [0.15, 0.2) is 48.7 Å². The van der Waals surface area contributed by atoms with Crippen molar-refractivity contribution in [3.8, 4) is 0 Å². The number of aromatic amines is 1. The molecule has 224 valence electrons. The van der Waals surface area contributed by atoms with Gasteiger partial charge in [-0.3, -0.25) is 14.4 Å². The SMILES string of the molecule is COC(=O)c1cc(C(=O)CCC[C@H](NC(=O)[C@@H](C)Cc2c[nH]c3ccccc23)C(=O)OC)ccc1NC(=O)C(C)(C)C. The third-order valence-corrected chi connectivity index (χ3v) is 7.02. The van der Waals surface area contributed by atoms with Gasteiger partial charge in [0, 0.05) is 40.4 Å². The summed E-state index contributed by atoms with van der Waals surface area (Å²) in [5.41, 5.74) is 1.86. The number of fused-ring (bicyclic) bond motifs is 1. The Morgan fingerprint density at radius 3 is 2.36 bits per heavy atom. The molecule has 1 aromatic heterocycles. The van der Waals surface area contributed by atoms with E-state index in [0.29, 0.717) is 6.42 Å². The Morgan fingerprint density at radius 2 is 1.69 bits per heavy atom. The average molecular weight is 578 g/mol. The van der Waals surface area contributed by atoms with Crippen LogP contribution in [0.4, 0.5) is 5.69 Å². The first-order valence-electron chi connectivity index (χ1n) is 13.9. The molecule has 42 heavy (non-hydrogen) atoms. The van der Waals surface area contributed by atoms with E-state index in [1.807, 2.05) is 30.5 Å². The third kappa shape index (κ3) is 8.05. The normalized spacial score (nSPS) is 12.7. The van der Waals surface area contributed by atoms with Crippen molar-refractivity contribution in [2.45, 2.75) is 59.4 Å². The standard InChI is InChI=1S/C32H39N3O7/c1-19(16-21-18-33-24-11-8-7-10-22(21)24)28(37)34-26(30(39)42-6)12-9-13-27(36)20-14-15-25(23(17-20)29(38)41-5)35-31(40)32(2,3)4/h7-8,10-11,14-15,17-19,26,33H,9,12-13,16H2,1-6H3,(H,34,37)(H,35,40)/t19-,26-/m0/s1. The quantitative estimate of drug-likeness (QED) is 0.207. The highest BCUT2D eigenvalue weighted by Crippen LogP contribution is 2.24. The predicted molar refractivity (Wildman–Crippen MR) is 159 cm³/mol. The molecule has 0 fully saturated rings. The van der Waals surface area contributed by atoms with E-state index >= 15 is 0 Å². The van der Waals surface area contributed by atoms with Crippen molar-refractivity contribution in [2.75, 3.05) is 19.5 Å². The highest BCUT2D eigenvalue weighted by atomic mass is 16.5. The number of carbonyl (C=O) groups excluding carboxylic acids is 5. The van der Waals surface area contributed by atoms with Crippen molar-refractivity contribution in [3.05, 3.63) is 65.4 Å². The van der Waals surface area contributed by atoms with Crippen molar-refractivity contribution in [1.29, 1.82) is 0 Å². The van der Waals surface area contributed by atoms with Crippen LogP contribution >= 0.6 is 0 Å². The van der Waals surface area contributed by atoms with E-state index in [1.165, 1.54) is 32.4 Å². The Balaban J connectivity index is 1.63. The van der Waals surface area contributed by atoms with Gasteiger partial charge in [0.15, 0.2) is 5.78 Å². The van der Waals surface area contributed by atoms with Gasteiger partial charge in [-0.25, -0.2) is 9.59 Å². The molecule has 0 aliphatic rings. The molecule has 2 atom stereocenters. The minimum absolute atomic E-state index is 0.0581.